The van der Waals surface area contributed by atoms with Crippen molar-refractivity contribution >= 4 is 16.0 Å². The van der Waals surface area contributed by atoms with E-state index >= 15 is 0 Å². The van der Waals surface area contributed by atoms with Gasteiger partial charge in [-0.3, -0.25) is 9.35 Å². The number of likely N-dealkylation sites (N-methyl/N-ethyl adjacent to an activating group) is 1. The summed E-state index contributed by atoms with van der Waals surface area (Å²) in [4.78, 5) is 11.5. The van der Waals surface area contributed by atoms with Crippen molar-refractivity contribution in [3.05, 3.63) is 0 Å². The molecule has 102 valence electrons. The highest BCUT2D eigenvalue weighted by Crippen LogP contribution is 2.04. The molecule has 1 amide bonds. The van der Waals surface area contributed by atoms with Crippen LogP contribution in [0.3, 0.4) is 0 Å². The molecule has 7 heteroatoms. The summed E-state index contributed by atoms with van der Waals surface area (Å²) in [6.45, 7) is 4.40. The molecule has 0 saturated carbocycles. The van der Waals surface area contributed by atoms with E-state index in [1.54, 1.807) is 7.05 Å². The van der Waals surface area contributed by atoms with E-state index in [4.69, 9.17) is 4.55 Å². The molecule has 1 atom stereocenters. The molecular weight excluding hydrogens is 244 g/mol. The van der Waals surface area contributed by atoms with Gasteiger partial charge in [-0.15, -0.1) is 0 Å². The summed E-state index contributed by atoms with van der Waals surface area (Å²) in [5, 5.41) is 5.55. The number of amides is 1. The predicted molar refractivity (Wildman–Crippen MR) is 66.3 cm³/mol. The molecule has 0 unspecified atom stereocenters. The van der Waals surface area contributed by atoms with E-state index in [0.717, 1.165) is 0 Å². The zero-order chi connectivity index (χ0) is 13.5. The number of nitrogens with one attached hydrogen (secondary N) is 2. The third-order valence-electron chi connectivity index (χ3n) is 2.24. The topological polar surface area (TPSA) is 95.5 Å². The van der Waals surface area contributed by atoms with Crippen molar-refractivity contribution < 1.29 is 17.8 Å². The number of carbonyl (C=O) groups excluding carboxylic acids is 1. The first-order valence-corrected chi connectivity index (χ1v) is 7.27. The van der Waals surface area contributed by atoms with Crippen LogP contribution in [0, 0.1) is 5.92 Å². The molecule has 0 aromatic carbocycles. The molecule has 0 bridgehead atoms. The van der Waals surface area contributed by atoms with Gasteiger partial charge in [0.15, 0.2) is 0 Å². The first kappa shape index (κ1) is 16.3. The molecule has 6 nitrogen and oxygen atoms in total. The van der Waals surface area contributed by atoms with Crippen molar-refractivity contribution in [1.29, 1.82) is 0 Å². The van der Waals surface area contributed by atoms with Gasteiger partial charge >= 0.3 is 0 Å². The Hall–Kier alpha value is -0.660. The minimum Gasteiger partial charge on any atom is -0.358 e. The van der Waals surface area contributed by atoms with E-state index < -0.39 is 10.1 Å². The van der Waals surface area contributed by atoms with Crippen LogP contribution in [0.15, 0.2) is 0 Å². The van der Waals surface area contributed by atoms with Gasteiger partial charge in [0.25, 0.3) is 10.1 Å². The molecule has 0 rings (SSSR count). The summed E-state index contributed by atoms with van der Waals surface area (Å²) in [6, 6.07) is -0.318. The number of carbonyl (C=O) groups is 1. The lowest BCUT2D eigenvalue weighted by atomic mass is 10.0. The fourth-order valence-electron chi connectivity index (χ4n) is 1.46. The largest absolute Gasteiger partial charge is 0.358 e. The van der Waals surface area contributed by atoms with Crippen LogP contribution in [-0.4, -0.2) is 44.3 Å². The van der Waals surface area contributed by atoms with Crippen molar-refractivity contribution in [2.45, 2.75) is 32.7 Å². The van der Waals surface area contributed by atoms with Gasteiger partial charge < -0.3 is 10.6 Å². The minimum atomic E-state index is -3.91. The van der Waals surface area contributed by atoms with Gasteiger partial charge in [0.05, 0.1) is 11.8 Å². The lowest BCUT2D eigenvalue weighted by Crippen LogP contribution is -2.44. The Morgan fingerprint density at radius 1 is 1.35 bits per heavy atom. The molecule has 0 spiro atoms. The van der Waals surface area contributed by atoms with Crippen molar-refractivity contribution in [2.75, 3.05) is 19.3 Å². The Balaban J connectivity index is 4.04. The van der Waals surface area contributed by atoms with Gasteiger partial charge in [-0.25, -0.2) is 0 Å². The second-order valence-electron chi connectivity index (χ2n) is 4.39. The van der Waals surface area contributed by atoms with Crippen molar-refractivity contribution in [1.82, 2.24) is 10.6 Å². The van der Waals surface area contributed by atoms with Crippen molar-refractivity contribution in [2.24, 2.45) is 5.92 Å². The maximum atomic E-state index is 11.5. The van der Waals surface area contributed by atoms with E-state index in [9.17, 15) is 13.2 Å². The van der Waals surface area contributed by atoms with Gasteiger partial charge in [-0.1, -0.05) is 13.8 Å². The lowest BCUT2D eigenvalue weighted by Gasteiger charge is -2.18. The summed E-state index contributed by atoms with van der Waals surface area (Å²) >= 11 is 0. The smallest absolute Gasteiger partial charge is 0.264 e. The highest BCUT2D eigenvalue weighted by molar-refractivity contribution is 7.85. The predicted octanol–water partition coefficient (Wildman–Crippen LogP) is 0.0146. The lowest BCUT2D eigenvalue weighted by molar-refractivity contribution is -0.123. The molecule has 0 aromatic rings. The molecule has 0 radical (unpaired) electrons. The second kappa shape index (κ2) is 7.62. The molecule has 0 aliphatic rings. The minimum absolute atomic E-state index is 0.106. The van der Waals surface area contributed by atoms with Crippen LogP contribution in [0.2, 0.25) is 0 Å². The Bertz CT molecular complexity index is 327. The fourth-order valence-corrected chi connectivity index (χ4v) is 1.97. The van der Waals surface area contributed by atoms with Gasteiger partial charge in [-0.05, 0) is 25.3 Å². The average Bonchev–Trinajstić information content (AvgIpc) is 2.19. The van der Waals surface area contributed by atoms with E-state index in [0.29, 0.717) is 18.9 Å². The Morgan fingerprint density at radius 2 is 1.94 bits per heavy atom. The van der Waals surface area contributed by atoms with Crippen LogP contribution < -0.4 is 10.6 Å². The quantitative estimate of drug-likeness (QED) is 0.425. The SMILES string of the molecule is CNC(=O)[C@H](CC(C)C)NCCCS(=O)(=O)O. The molecule has 0 heterocycles. The van der Waals surface area contributed by atoms with Gasteiger partial charge in [-0.2, -0.15) is 8.42 Å². The third-order valence-corrected chi connectivity index (χ3v) is 3.04. The second-order valence-corrected chi connectivity index (χ2v) is 5.96. The van der Waals surface area contributed by atoms with Gasteiger partial charge in [0.2, 0.25) is 5.91 Å². The van der Waals surface area contributed by atoms with Gasteiger partial charge in [0.1, 0.15) is 0 Å². The standard InChI is InChI=1S/C10H22N2O4S/c1-8(2)7-9(10(13)11-3)12-5-4-6-17(14,15)16/h8-9,12H,4-7H2,1-3H3,(H,11,13)(H,14,15,16)/t9-/m0/s1. The molecule has 17 heavy (non-hydrogen) atoms. The van der Waals surface area contributed by atoms with Crippen LogP contribution in [0.5, 0.6) is 0 Å². The maximum absolute atomic E-state index is 11.5. The summed E-state index contributed by atoms with van der Waals surface area (Å²) in [5.41, 5.74) is 0. The molecular formula is C10H22N2O4S. The monoisotopic (exact) mass is 266 g/mol. The van der Waals surface area contributed by atoms with Crippen LogP contribution in [0.25, 0.3) is 0 Å². The molecule has 0 saturated heterocycles. The highest BCUT2D eigenvalue weighted by atomic mass is 32.2. The maximum Gasteiger partial charge on any atom is 0.264 e. The van der Waals surface area contributed by atoms with E-state index in [-0.39, 0.29) is 24.1 Å². The van der Waals surface area contributed by atoms with E-state index in [1.165, 1.54) is 0 Å². The van der Waals surface area contributed by atoms with E-state index in [2.05, 4.69) is 10.6 Å². The summed E-state index contributed by atoms with van der Waals surface area (Å²) in [7, 11) is -2.35. The Morgan fingerprint density at radius 3 is 2.35 bits per heavy atom. The molecule has 0 aromatic heterocycles. The van der Waals surface area contributed by atoms with Gasteiger partial charge in [0, 0.05) is 7.05 Å². The normalized spacial score (nSPS) is 13.7. The van der Waals surface area contributed by atoms with Crippen molar-refractivity contribution in [3.8, 4) is 0 Å². The summed E-state index contributed by atoms with van der Waals surface area (Å²) in [6.07, 6.45) is 0.968. The Kier molecular flexibility index (Phi) is 7.33. The average molecular weight is 266 g/mol. The first-order valence-electron chi connectivity index (χ1n) is 5.66. The first-order chi connectivity index (χ1) is 7.76. The van der Waals surface area contributed by atoms with E-state index in [1.807, 2.05) is 13.8 Å². The van der Waals surface area contributed by atoms with Crippen LogP contribution in [0.1, 0.15) is 26.7 Å². The number of rotatable bonds is 8. The van der Waals surface area contributed by atoms with Crippen LogP contribution in [0.4, 0.5) is 0 Å². The zero-order valence-electron chi connectivity index (χ0n) is 10.6. The fraction of sp³-hybridized carbons (Fsp3) is 0.900. The molecule has 0 aliphatic carbocycles. The van der Waals surface area contributed by atoms with Crippen molar-refractivity contribution in [3.63, 3.8) is 0 Å². The summed E-state index contributed by atoms with van der Waals surface area (Å²) in [5.74, 6) is -0.0285. The Labute approximate surface area is 103 Å². The molecule has 0 fully saturated rings. The third kappa shape index (κ3) is 9.08. The van der Waals surface area contributed by atoms with Crippen LogP contribution in [-0.2, 0) is 14.9 Å². The molecule has 3 N–H and O–H groups in total. The highest BCUT2D eigenvalue weighted by Gasteiger charge is 2.17. The summed E-state index contributed by atoms with van der Waals surface area (Å²) < 4.78 is 29.5. The number of hydrogen-bond acceptors (Lipinski definition) is 4. The van der Waals surface area contributed by atoms with Crippen LogP contribution >= 0.6 is 0 Å². The zero-order valence-corrected chi connectivity index (χ0v) is 11.4. The molecule has 0 aliphatic heterocycles. The number of hydrogen-bond donors (Lipinski definition) is 3.